The van der Waals surface area contributed by atoms with Crippen LogP contribution in [0.15, 0.2) is 48.5 Å². The Morgan fingerprint density at radius 2 is 1.63 bits per heavy atom. The van der Waals surface area contributed by atoms with Crippen LogP contribution in [0, 0.1) is 16.7 Å². The molecule has 3 unspecified atom stereocenters. The number of hydrogen-bond donors (Lipinski definition) is 8. The normalized spacial score (nSPS) is 13.4. The third-order valence-corrected chi connectivity index (χ3v) is 7.73. The minimum atomic E-state index is -4.10. The lowest BCUT2D eigenvalue weighted by Crippen LogP contribution is -2.55. The van der Waals surface area contributed by atoms with Crippen molar-refractivity contribution in [3.8, 4) is 0 Å². The molecule has 0 aromatic heterocycles. The van der Waals surface area contributed by atoms with E-state index in [9.17, 15) is 27.9 Å². The van der Waals surface area contributed by atoms with Crippen LogP contribution >= 0.6 is 0 Å². The molecule has 0 heterocycles. The number of carbonyl (C=O) groups is 3. The number of rotatable bonds is 16. The number of carboxylic acids is 1. The Bertz CT molecular complexity index is 1380. The molecule has 0 fully saturated rings. The van der Waals surface area contributed by atoms with Gasteiger partial charge < -0.3 is 27.2 Å². The first-order valence-electron chi connectivity index (χ1n) is 12.9. The fourth-order valence-electron chi connectivity index (χ4n) is 3.86. The highest BCUT2D eigenvalue weighted by molar-refractivity contribution is 7.88. The Hall–Kier alpha value is -4.30. The zero-order valence-electron chi connectivity index (χ0n) is 22.9. The molecule has 41 heavy (non-hydrogen) atoms. The van der Waals surface area contributed by atoms with Gasteiger partial charge in [-0.15, -0.1) is 0 Å². The van der Waals surface area contributed by atoms with E-state index < -0.39 is 51.6 Å². The van der Waals surface area contributed by atoms with E-state index in [4.69, 9.17) is 22.3 Å². The van der Waals surface area contributed by atoms with Gasteiger partial charge in [0.25, 0.3) is 0 Å². The monoisotopic (exact) mass is 587 g/mol. The number of sulfonamides is 1. The maximum Gasteiger partial charge on any atom is 0.335 e. The van der Waals surface area contributed by atoms with Crippen LogP contribution in [0.2, 0.25) is 0 Å². The predicted octanol–water partition coefficient (Wildman–Crippen LogP) is 1.02. The average Bonchev–Trinajstić information content (AvgIpc) is 2.92. The van der Waals surface area contributed by atoms with Gasteiger partial charge in [-0.25, -0.2) is 17.9 Å². The number of nitrogens with one attached hydrogen (secondary N) is 5. The van der Waals surface area contributed by atoms with E-state index in [1.165, 1.54) is 24.3 Å². The molecule has 3 atom stereocenters. The van der Waals surface area contributed by atoms with Gasteiger partial charge in [0.15, 0.2) is 0 Å². The molecule has 2 aromatic rings. The third kappa shape index (κ3) is 10.7. The number of nitrogen functional groups attached to an aromatic ring is 1. The second-order valence-electron chi connectivity index (χ2n) is 9.70. The number of hydrogen-bond acceptors (Lipinski definition) is 7. The number of carboxylic acid groups (broad SMARTS) is 1. The second-order valence-corrected chi connectivity index (χ2v) is 11.5. The fraction of sp³-hybridized carbons (Fsp3) is 0.370. The molecule has 0 saturated carbocycles. The molecule has 0 aliphatic rings. The van der Waals surface area contributed by atoms with E-state index in [1.54, 1.807) is 38.1 Å². The molecule has 0 aliphatic carbocycles. The summed E-state index contributed by atoms with van der Waals surface area (Å²) < 4.78 is 28.4. The first-order chi connectivity index (χ1) is 19.2. The van der Waals surface area contributed by atoms with Crippen molar-refractivity contribution >= 4 is 39.5 Å². The molecular weight excluding hydrogens is 550 g/mol. The molecule has 2 rings (SSSR count). The summed E-state index contributed by atoms with van der Waals surface area (Å²) in [5.41, 5.74) is 12.3. The molecule has 14 heteroatoms. The molecule has 222 valence electrons. The quantitative estimate of drug-likeness (QED) is 0.104. The van der Waals surface area contributed by atoms with Crippen molar-refractivity contribution in [2.24, 2.45) is 17.4 Å². The Labute approximate surface area is 239 Å². The second kappa shape index (κ2) is 14.9. The minimum absolute atomic E-state index is 0.0120. The van der Waals surface area contributed by atoms with Crippen LogP contribution in [0.5, 0.6) is 0 Å². The highest BCUT2D eigenvalue weighted by Gasteiger charge is 2.32. The zero-order chi connectivity index (χ0) is 30.7. The smallest absolute Gasteiger partial charge is 0.335 e. The molecule has 0 saturated heterocycles. The van der Waals surface area contributed by atoms with Gasteiger partial charge in [-0.2, -0.15) is 0 Å². The zero-order valence-corrected chi connectivity index (χ0v) is 23.8. The molecule has 0 aliphatic heterocycles. The van der Waals surface area contributed by atoms with Gasteiger partial charge in [0.05, 0.1) is 17.2 Å². The van der Waals surface area contributed by atoms with Crippen molar-refractivity contribution in [1.29, 1.82) is 10.8 Å². The van der Waals surface area contributed by atoms with Crippen molar-refractivity contribution in [2.45, 2.75) is 57.5 Å². The van der Waals surface area contributed by atoms with E-state index in [0.717, 1.165) is 5.56 Å². The van der Waals surface area contributed by atoms with E-state index in [0.29, 0.717) is 12.0 Å². The van der Waals surface area contributed by atoms with Crippen molar-refractivity contribution in [2.75, 3.05) is 0 Å². The Morgan fingerprint density at radius 1 is 0.976 bits per heavy atom. The van der Waals surface area contributed by atoms with Gasteiger partial charge in [-0.05, 0) is 35.6 Å². The summed E-state index contributed by atoms with van der Waals surface area (Å²) >= 11 is 0. The Kier molecular flexibility index (Phi) is 12.0. The first kappa shape index (κ1) is 32.9. The van der Waals surface area contributed by atoms with Gasteiger partial charge in [-0.1, -0.05) is 56.7 Å². The van der Waals surface area contributed by atoms with Crippen LogP contribution < -0.4 is 26.8 Å². The highest BCUT2D eigenvalue weighted by Crippen LogP contribution is 2.14. The topological polar surface area (TPSA) is 241 Å². The van der Waals surface area contributed by atoms with Gasteiger partial charge in [0.2, 0.25) is 21.8 Å². The van der Waals surface area contributed by atoms with E-state index in [2.05, 4.69) is 15.4 Å². The molecule has 0 radical (unpaired) electrons. The lowest BCUT2D eigenvalue weighted by atomic mass is 9.98. The fourth-order valence-corrected chi connectivity index (χ4v) is 5.29. The molecular formula is C27H37N7O6S. The molecule has 13 nitrogen and oxygen atoms in total. The summed E-state index contributed by atoms with van der Waals surface area (Å²) in [4.78, 5) is 37.6. The van der Waals surface area contributed by atoms with Gasteiger partial charge in [-0.3, -0.25) is 20.4 Å². The van der Waals surface area contributed by atoms with Crippen LogP contribution in [0.3, 0.4) is 0 Å². The standard InChI is InChI=1S/C27H37N7O6S/c1-3-16(2)23(34-41(39,40)15-18-5-4-6-20(13-18)27(37)38)26(36)33-21(11-12-22(28)29)25(35)32-14-17-7-9-19(10-8-17)24(30)31/h4-10,13,16,21,23,34H,3,11-12,14-15H2,1-2H3,(H3,28,29)(H3,30,31)(H,32,35)(H,33,36)(H,37,38). The highest BCUT2D eigenvalue weighted by atomic mass is 32.2. The SMILES string of the molecule is CCC(C)C(NS(=O)(=O)Cc1cccc(C(=O)O)c1)C(=O)NC(CCC(=N)N)C(=O)NCc1ccc(C(=N)N)cc1. The number of benzene rings is 2. The number of amides is 2. The van der Waals surface area contributed by atoms with Gasteiger partial charge >= 0.3 is 5.97 Å². The van der Waals surface area contributed by atoms with Crippen molar-refractivity contribution < 1.29 is 27.9 Å². The minimum Gasteiger partial charge on any atom is -0.478 e. The van der Waals surface area contributed by atoms with Gasteiger partial charge in [0.1, 0.15) is 17.9 Å². The number of carbonyl (C=O) groups excluding carboxylic acids is 2. The van der Waals surface area contributed by atoms with Crippen LogP contribution in [-0.2, 0) is 31.9 Å². The van der Waals surface area contributed by atoms with Crippen LogP contribution in [-0.4, -0.2) is 55.1 Å². The summed E-state index contributed by atoms with van der Waals surface area (Å²) in [5, 5.41) is 29.5. The molecule has 2 aromatic carbocycles. The maximum absolute atomic E-state index is 13.3. The summed E-state index contributed by atoms with van der Waals surface area (Å²) in [7, 11) is -4.10. The largest absolute Gasteiger partial charge is 0.478 e. The lowest BCUT2D eigenvalue weighted by molar-refractivity contribution is -0.130. The first-order valence-corrected chi connectivity index (χ1v) is 14.5. The summed E-state index contributed by atoms with van der Waals surface area (Å²) in [6, 6.07) is 9.83. The maximum atomic E-state index is 13.3. The Balaban J connectivity index is 2.17. The molecule has 0 spiro atoms. The number of aromatic carboxylic acids is 1. The van der Waals surface area contributed by atoms with Crippen LogP contribution in [0.1, 0.15) is 60.2 Å². The average molecular weight is 588 g/mol. The van der Waals surface area contributed by atoms with Crippen LogP contribution in [0.4, 0.5) is 0 Å². The number of amidine groups is 2. The summed E-state index contributed by atoms with van der Waals surface area (Å²) in [6.45, 7) is 3.58. The Morgan fingerprint density at radius 3 is 2.20 bits per heavy atom. The van der Waals surface area contributed by atoms with E-state index in [1.807, 2.05) is 0 Å². The number of nitrogens with two attached hydrogens (primary N) is 2. The van der Waals surface area contributed by atoms with E-state index in [-0.39, 0.29) is 42.2 Å². The van der Waals surface area contributed by atoms with Gasteiger partial charge in [0, 0.05) is 18.5 Å². The van der Waals surface area contributed by atoms with Crippen molar-refractivity contribution in [3.63, 3.8) is 0 Å². The molecule has 0 bridgehead atoms. The molecule has 2 amide bonds. The van der Waals surface area contributed by atoms with Crippen LogP contribution in [0.25, 0.3) is 0 Å². The lowest BCUT2D eigenvalue weighted by Gasteiger charge is -2.26. The molecule has 10 N–H and O–H groups in total. The predicted molar refractivity (Wildman–Crippen MR) is 155 cm³/mol. The third-order valence-electron chi connectivity index (χ3n) is 6.40. The summed E-state index contributed by atoms with van der Waals surface area (Å²) in [5.74, 6) is -3.75. The van der Waals surface area contributed by atoms with Crippen molar-refractivity contribution in [3.05, 3.63) is 70.8 Å². The summed E-state index contributed by atoms with van der Waals surface area (Å²) in [6.07, 6.45) is 0.471. The van der Waals surface area contributed by atoms with E-state index >= 15 is 0 Å². The van der Waals surface area contributed by atoms with Crippen molar-refractivity contribution in [1.82, 2.24) is 15.4 Å².